The van der Waals surface area contributed by atoms with Crippen LogP contribution < -0.4 is 9.47 Å². The van der Waals surface area contributed by atoms with Crippen LogP contribution in [0.15, 0.2) is 76.6 Å². The van der Waals surface area contributed by atoms with Crippen LogP contribution in [0.2, 0.25) is 10.0 Å². The summed E-state index contributed by atoms with van der Waals surface area (Å²) in [5.74, 6) is 1.00. The molecule has 180 valence electrons. The maximum absolute atomic E-state index is 13.3. The zero-order valence-electron chi connectivity index (χ0n) is 19.3. The SMILES string of the molecule is CCCN1C(=O)/C(=C\c2cccc(OC)c2OCc2ccc(Cl)cc2Cl)SC1=Nc1ccccc1. The van der Waals surface area contributed by atoms with Crippen LogP contribution in [0.1, 0.15) is 24.5 Å². The van der Waals surface area contributed by atoms with Crippen molar-refractivity contribution >= 4 is 57.8 Å². The first-order valence-electron chi connectivity index (χ1n) is 11.1. The molecule has 1 heterocycles. The van der Waals surface area contributed by atoms with Gasteiger partial charge in [0.05, 0.1) is 17.7 Å². The van der Waals surface area contributed by atoms with Gasteiger partial charge in [0.25, 0.3) is 5.91 Å². The van der Waals surface area contributed by atoms with Gasteiger partial charge in [0.15, 0.2) is 16.7 Å². The summed E-state index contributed by atoms with van der Waals surface area (Å²) in [4.78, 5) is 20.3. The summed E-state index contributed by atoms with van der Waals surface area (Å²) in [7, 11) is 1.58. The molecule has 4 rings (SSSR count). The van der Waals surface area contributed by atoms with E-state index >= 15 is 0 Å². The molecule has 5 nitrogen and oxygen atoms in total. The molecule has 0 saturated carbocycles. The van der Waals surface area contributed by atoms with E-state index < -0.39 is 0 Å². The van der Waals surface area contributed by atoms with Crippen LogP contribution in [0.5, 0.6) is 11.5 Å². The van der Waals surface area contributed by atoms with Crippen molar-refractivity contribution in [1.29, 1.82) is 0 Å². The Morgan fingerprint density at radius 2 is 1.86 bits per heavy atom. The Kier molecular flexibility index (Phi) is 8.39. The summed E-state index contributed by atoms with van der Waals surface area (Å²) in [5, 5.41) is 1.74. The molecular formula is C27H24Cl2N2O3S. The Morgan fingerprint density at radius 3 is 2.57 bits per heavy atom. The molecular weight excluding hydrogens is 503 g/mol. The number of halogens is 2. The molecule has 8 heteroatoms. The van der Waals surface area contributed by atoms with Gasteiger partial charge in [-0.2, -0.15) is 0 Å². The van der Waals surface area contributed by atoms with E-state index in [2.05, 4.69) is 0 Å². The van der Waals surface area contributed by atoms with E-state index in [0.717, 1.165) is 23.2 Å². The maximum atomic E-state index is 13.3. The zero-order chi connectivity index (χ0) is 24.8. The number of hydrogen-bond acceptors (Lipinski definition) is 5. The maximum Gasteiger partial charge on any atom is 0.266 e. The summed E-state index contributed by atoms with van der Waals surface area (Å²) in [6, 6.07) is 20.5. The van der Waals surface area contributed by atoms with E-state index in [1.807, 2.05) is 67.6 Å². The molecule has 3 aromatic rings. The summed E-state index contributed by atoms with van der Waals surface area (Å²) in [6.07, 6.45) is 2.65. The third-order valence-electron chi connectivity index (χ3n) is 5.22. The molecule has 0 radical (unpaired) electrons. The topological polar surface area (TPSA) is 51.1 Å². The molecule has 1 amide bonds. The molecule has 0 aromatic heterocycles. The van der Waals surface area contributed by atoms with Crippen molar-refractivity contribution in [2.24, 2.45) is 4.99 Å². The molecule has 1 aliphatic heterocycles. The number of carbonyl (C=O) groups is 1. The molecule has 3 aromatic carbocycles. The number of amidine groups is 1. The second-order valence-corrected chi connectivity index (χ2v) is 9.55. The van der Waals surface area contributed by atoms with Gasteiger partial charge in [-0.3, -0.25) is 9.69 Å². The number of rotatable bonds is 8. The van der Waals surface area contributed by atoms with E-state index in [1.165, 1.54) is 11.8 Å². The lowest BCUT2D eigenvalue weighted by atomic mass is 10.1. The van der Waals surface area contributed by atoms with Gasteiger partial charge in [-0.1, -0.05) is 66.5 Å². The van der Waals surface area contributed by atoms with Crippen molar-refractivity contribution in [2.75, 3.05) is 13.7 Å². The number of methoxy groups -OCH3 is 1. The van der Waals surface area contributed by atoms with Crippen molar-refractivity contribution in [3.63, 3.8) is 0 Å². The Labute approximate surface area is 219 Å². The van der Waals surface area contributed by atoms with Crippen molar-refractivity contribution in [1.82, 2.24) is 4.90 Å². The van der Waals surface area contributed by atoms with E-state index in [4.69, 9.17) is 37.7 Å². The molecule has 0 aliphatic carbocycles. The van der Waals surface area contributed by atoms with Gasteiger partial charge in [0, 0.05) is 27.7 Å². The van der Waals surface area contributed by atoms with Gasteiger partial charge in [0.2, 0.25) is 0 Å². The second-order valence-electron chi connectivity index (χ2n) is 7.70. The molecule has 0 spiro atoms. The molecule has 0 unspecified atom stereocenters. The van der Waals surface area contributed by atoms with Crippen molar-refractivity contribution in [3.8, 4) is 11.5 Å². The Hall–Kier alpha value is -2.93. The van der Waals surface area contributed by atoms with Crippen LogP contribution >= 0.6 is 35.0 Å². The number of nitrogens with zero attached hydrogens (tertiary/aromatic N) is 2. The normalized spacial score (nSPS) is 15.8. The molecule has 1 saturated heterocycles. The van der Waals surface area contributed by atoms with Crippen LogP contribution in [-0.2, 0) is 11.4 Å². The summed E-state index contributed by atoms with van der Waals surface area (Å²) >= 11 is 13.7. The van der Waals surface area contributed by atoms with E-state index in [9.17, 15) is 4.79 Å². The van der Waals surface area contributed by atoms with E-state index in [0.29, 0.717) is 38.2 Å². The smallest absolute Gasteiger partial charge is 0.266 e. The number of para-hydroxylation sites is 2. The molecule has 1 aliphatic rings. The van der Waals surface area contributed by atoms with E-state index in [1.54, 1.807) is 24.1 Å². The van der Waals surface area contributed by atoms with Gasteiger partial charge < -0.3 is 9.47 Å². The third-order valence-corrected chi connectivity index (χ3v) is 6.81. The minimum atomic E-state index is -0.0824. The first-order chi connectivity index (χ1) is 17.0. The molecule has 0 N–H and O–H groups in total. The number of amides is 1. The van der Waals surface area contributed by atoms with E-state index in [-0.39, 0.29) is 12.5 Å². The Bertz CT molecular complexity index is 1280. The fourth-order valence-electron chi connectivity index (χ4n) is 3.52. The minimum Gasteiger partial charge on any atom is -0.493 e. The highest BCUT2D eigenvalue weighted by Gasteiger charge is 2.33. The third kappa shape index (κ3) is 6.01. The molecule has 0 bridgehead atoms. The molecule has 35 heavy (non-hydrogen) atoms. The standard InChI is InChI=1S/C27H24Cl2N2O3S/c1-3-14-31-26(32)24(35-27(31)30-21-9-5-4-6-10-21)15-18-8-7-11-23(33-2)25(18)34-17-19-12-13-20(28)16-22(19)29/h4-13,15-16H,3,14,17H2,1-2H3/b24-15+,30-27?. The Morgan fingerprint density at radius 1 is 1.06 bits per heavy atom. The number of carbonyl (C=O) groups excluding carboxylic acids is 1. The lowest BCUT2D eigenvalue weighted by Crippen LogP contribution is -2.29. The first kappa shape index (κ1) is 25.2. The van der Waals surface area contributed by atoms with Gasteiger partial charge >= 0.3 is 0 Å². The highest BCUT2D eigenvalue weighted by Crippen LogP contribution is 2.39. The highest BCUT2D eigenvalue weighted by molar-refractivity contribution is 8.18. The minimum absolute atomic E-state index is 0.0824. The quantitative estimate of drug-likeness (QED) is 0.283. The summed E-state index contributed by atoms with van der Waals surface area (Å²) in [5.41, 5.74) is 2.32. The van der Waals surface area contributed by atoms with Crippen molar-refractivity contribution < 1.29 is 14.3 Å². The molecule has 1 fully saturated rings. The number of aliphatic imine (C=N–C) groups is 1. The van der Waals surface area contributed by atoms with Gasteiger partial charge in [-0.25, -0.2) is 4.99 Å². The second kappa shape index (κ2) is 11.7. The van der Waals surface area contributed by atoms with Crippen molar-refractivity contribution in [3.05, 3.63) is 92.8 Å². The monoisotopic (exact) mass is 526 g/mol. The van der Waals surface area contributed by atoms with Crippen LogP contribution in [0.4, 0.5) is 5.69 Å². The van der Waals surface area contributed by atoms with Crippen LogP contribution in [-0.4, -0.2) is 29.6 Å². The summed E-state index contributed by atoms with van der Waals surface area (Å²) < 4.78 is 11.7. The fraction of sp³-hybridized carbons (Fsp3) is 0.185. The van der Waals surface area contributed by atoms with Crippen molar-refractivity contribution in [2.45, 2.75) is 20.0 Å². The highest BCUT2D eigenvalue weighted by atomic mass is 35.5. The van der Waals surface area contributed by atoms with Gasteiger partial charge in [0.1, 0.15) is 6.61 Å². The number of hydrogen-bond donors (Lipinski definition) is 0. The van der Waals surface area contributed by atoms with Crippen LogP contribution in [0.25, 0.3) is 6.08 Å². The first-order valence-corrected chi connectivity index (χ1v) is 12.7. The van der Waals surface area contributed by atoms with Crippen LogP contribution in [0.3, 0.4) is 0 Å². The average molecular weight is 527 g/mol. The lowest BCUT2D eigenvalue weighted by molar-refractivity contribution is -0.122. The van der Waals surface area contributed by atoms with Crippen LogP contribution in [0, 0.1) is 0 Å². The lowest BCUT2D eigenvalue weighted by Gasteiger charge is -2.15. The summed E-state index contributed by atoms with van der Waals surface area (Å²) in [6.45, 7) is 2.84. The zero-order valence-corrected chi connectivity index (χ0v) is 21.7. The predicted octanol–water partition coefficient (Wildman–Crippen LogP) is 7.60. The largest absolute Gasteiger partial charge is 0.493 e. The van der Waals surface area contributed by atoms with Gasteiger partial charge in [-0.15, -0.1) is 0 Å². The number of benzene rings is 3. The predicted molar refractivity (Wildman–Crippen MR) is 145 cm³/mol. The van der Waals surface area contributed by atoms with Gasteiger partial charge in [-0.05, 0) is 54.6 Å². The molecule has 0 atom stereocenters. The fourth-order valence-corrected chi connectivity index (χ4v) is 5.00. The average Bonchev–Trinajstić information content (AvgIpc) is 3.13. The number of thioether (sulfide) groups is 1. The Balaban J connectivity index is 1.66. The number of ether oxygens (including phenoxy) is 2.